The van der Waals surface area contributed by atoms with Gasteiger partial charge in [-0.2, -0.15) is 0 Å². The van der Waals surface area contributed by atoms with Crippen LogP contribution in [-0.2, 0) is 0 Å². The van der Waals surface area contributed by atoms with Gasteiger partial charge in [-0.25, -0.2) is 4.79 Å². The number of amides is 2. The Kier molecular flexibility index (Phi) is 6.62. The monoisotopic (exact) mass is 410 g/mol. The van der Waals surface area contributed by atoms with Crippen molar-refractivity contribution < 1.29 is 4.79 Å². The van der Waals surface area contributed by atoms with E-state index in [1.807, 2.05) is 35.4 Å². The fourth-order valence-electron chi connectivity index (χ4n) is 4.36. The van der Waals surface area contributed by atoms with E-state index in [0.29, 0.717) is 6.04 Å². The molecule has 6 heteroatoms. The highest BCUT2D eigenvalue weighted by Gasteiger charge is 2.30. The van der Waals surface area contributed by atoms with E-state index in [9.17, 15) is 4.79 Å². The van der Waals surface area contributed by atoms with E-state index in [0.717, 1.165) is 56.3 Å². The van der Waals surface area contributed by atoms with Crippen molar-refractivity contribution in [1.82, 2.24) is 9.80 Å². The third-order valence-corrected chi connectivity index (χ3v) is 6.78. The van der Waals surface area contributed by atoms with Crippen LogP contribution in [0.5, 0.6) is 0 Å². The molecule has 0 spiro atoms. The summed E-state index contributed by atoms with van der Waals surface area (Å²) in [6.07, 6.45) is 4.29. The zero-order chi connectivity index (χ0) is 20.1. The van der Waals surface area contributed by atoms with E-state index in [4.69, 9.17) is 0 Å². The van der Waals surface area contributed by atoms with Gasteiger partial charge in [0.1, 0.15) is 0 Å². The van der Waals surface area contributed by atoms with Gasteiger partial charge in [-0.1, -0.05) is 30.3 Å². The lowest BCUT2D eigenvalue weighted by molar-refractivity contribution is 0.108. The molecule has 0 bridgehead atoms. The third-order valence-electron chi connectivity index (χ3n) is 5.98. The molecule has 2 aliphatic rings. The summed E-state index contributed by atoms with van der Waals surface area (Å²) in [5, 5.41) is 3.12. The molecule has 2 saturated heterocycles. The van der Waals surface area contributed by atoms with Crippen LogP contribution in [0.3, 0.4) is 0 Å². The number of hydrogen-bond donors (Lipinski definition) is 1. The van der Waals surface area contributed by atoms with Gasteiger partial charge in [0.15, 0.2) is 0 Å². The smallest absolute Gasteiger partial charge is 0.321 e. The van der Waals surface area contributed by atoms with Gasteiger partial charge >= 0.3 is 6.03 Å². The van der Waals surface area contributed by atoms with E-state index >= 15 is 0 Å². The fraction of sp³-hybridized carbons (Fsp3) is 0.435. The van der Waals surface area contributed by atoms with Crippen molar-refractivity contribution in [2.75, 3.05) is 55.7 Å². The minimum Gasteiger partial charge on any atom is -0.369 e. The number of urea groups is 1. The summed E-state index contributed by atoms with van der Waals surface area (Å²) in [7, 11) is 0. The Morgan fingerprint density at radius 2 is 1.69 bits per heavy atom. The van der Waals surface area contributed by atoms with Crippen molar-refractivity contribution in [3.05, 3.63) is 54.6 Å². The second kappa shape index (κ2) is 9.55. The molecule has 2 aliphatic heterocycles. The number of likely N-dealkylation sites (tertiary alicyclic amines) is 1. The van der Waals surface area contributed by atoms with Crippen LogP contribution < -0.4 is 10.2 Å². The first kappa shape index (κ1) is 20.1. The average Bonchev–Trinajstić information content (AvgIpc) is 2.80. The minimum atomic E-state index is 0.0270. The molecular weight excluding hydrogens is 380 g/mol. The maximum atomic E-state index is 12.9. The SMILES string of the molecule is CSc1ccccc1NC(=O)N1CCC[C@@H](N2CCN(c3ccccc3)CC2)C1. The number of carbonyl (C=O) groups is 1. The van der Waals surface area contributed by atoms with Crippen LogP contribution >= 0.6 is 11.8 Å². The maximum Gasteiger partial charge on any atom is 0.321 e. The van der Waals surface area contributed by atoms with Gasteiger partial charge in [0, 0.05) is 55.9 Å². The molecule has 0 unspecified atom stereocenters. The highest BCUT2D eigenvalue weighted by Crippen LogP contribution is 2.26. The number of nitrogens with zero attached hydrogens (tertiary/aromatic N) is 3. The van der Waals surface area contributed by atoms with Gasteiger partial charge in [0.25, 0.3) is 0 Å². The zero-order valence-electron chi connectivity index (χ0n) is 17.1. The summed E-state index contributed by atoms with van der Waals surface area (Å²) in [5.74, 6) is 0. The molecular formula is C23H30N4OS. The van der Waals surface area contributed by atoms with Crippen molar-refractivity contribution >= 4 is 29.2 Å². The molecule has 2 aromatic carbocycles. The van der Waals surface area contributed by atoms with Crippen molar-refractivity contribution in [3.8, 4) is 0 Å². The number of carbonyl (C=O) groups excluding carboxylic acids is 1. The van der Waals surface area contributed by atoms with E-state index in [-0.39, 0.29) is 6.03 Å². The molecule has 4 rings (SSSR count). The average molecular weight is 411 g/mol. The Hall–Kier alpha value is -2.18. The molecule has 0 aromatic heterocycles. The Morgan fingerprint density at radius 1 is 0.966 bits per heavy atom. The summed E-state index contributed by atoms with van der Waals surface area (Å²) in [6, 6.07) is 19.2. The van der Waals surface area contributed by atoms with Crippen molar-refractivity contribution in [1.29, 1.82) is 0 Å². The number of piperidine rings is 1. The van der Waals surface area contributed by atoms with Crippen LogP contribution in [0.25, 0.3) is 0 Å². The zero-order valence-corrected chi connectivity index (χ0v) is 17.9. The molecule has 5 nitrogen and oxygen atoms in total. The van der Waals surface area contributed by atoms with E-state index in [1.165, 1.54) is 12.1 Å². The number of anilines is 2. The molecule has 29 heavy (non-hydrogen) atoms. The Bertz CT molecular complexity index is 808. The van der Waals surface area contributed by atoms with Crippen molar-refractivity contribution in [2.45, 2.75) is 23.8 Å². The predicted molar refractivity (Wildman–Crippen MR) is 122 cm³/mol. The molecule has 154 valence electrons. The van der Waals surface area contributed by atoms with E-state index in [1.54, 1.807) is 11.8 Å². The van der Waals surface area contributed by atoms with Gasteiger partial charge in [-0.3, -0.25) is 4.90 Å². The van der Waals surface area contributed by atoms with E-state index in [2.05, 4.69) is 45.4 Å². The summed E-state index contributed by atoms with van der Waals surface area (Å²) in [5.41, 5.74) is 2.22. The Morgan fingerprint density at radius 3 is 2.45 bits per heavy atom. The maximum absolute atomic E-state index is 12.9. The van der Waals surface area contributed by atoms with Gasteiger partial charge in [0.05, 0.1) is 5.69 Å². The predicted octanol–water partition coefficient (Wildman–Crippen LogP) is 4.23. The lowest BCUT2D eigenvalue weighted by Gasteiger charge is -2.43. The first-order valence-electron chi connectivity index (χ1n) is 10.5. The first-order chi connectivity index (χ1) is 14.2. The highest BCUT2D eigenvalue weighted by atomic mass is 32.2. The summed E-state index contributed by atoms with van der Waals surface area (Å²) in [6.45, 7) is 5.88. The van der Waals surface area contributed by atoms with Crippen molar-refractivity contribution in [3.63, 3.8) is 0 Å². The normalized spacial score (nSPS) is 20.5. The fourth-order valence-corrected chi connectivity index (χ4v) is 4.92. The van der Waals surface area contributed by atoms with Crippen molar-refractivity contribution in [2.24, 2.45) is 0 Å². The summed E-state index contributed by atoms with van der Waals surface area (Å²) in [4.78, 5) is 21.0. The molecule has 2 heterocycles. The number of nitrogens with one attached hydrogen (secondary N) is 1. The van der Waals surface area contributed by atoms with Gasteiger partial charge in [0.2, 0.25) is 0 Å². The number of piperazine rings is 1. The van der Waals surface area contributed by atoms with Crippen LogP contribution in [-0.4, -0.2) is 67.4 Å². The molecule has 1 N–H and O–H groups in total. The minimum absolute atomic E-state index is 0.0270. The molecule has 0 saturated carbocycles. The first-order valence-corrected chi connectivity index (χ1v) is 11.7. The second-order valence-electron chi connectivity index (χ2n) is 7.73. The quantitative estimate of drug-likeness (QED) is 0.766. The molecule has 0 radical (unpaired) electrons. The molecule has 2 amide bonds. The second-order valence-corrected chi connectivity index (χ2v) is 8.58. The van der Waals surface area contributed by atoms with Crippen LogP contribution in [0.2, 0.25) is 0 Å². The molecule has 1 atom stereocenters. The Balaban J connectivity index is 1.32. The highest BCUT2D eigenvalue weighted by molar-refractivity contribution is 7.98. The largest absolute Gasteiger partial charge is 0.369 e. The lowest BCUT2D eigenvalue weighted by atomic mass is 10.0. The Labute approximate surface area is 178 Å². The van der Waals surface area contributed by atoms with Crippen LogP contribution in [0.15, 0.2) is 59.5 Å². The van der Waals surface area contributed by atoms with Gasteiger partial charge in [-0.05, 0) is 43.4 Å². The number of thioether (sulfide) groups is 1. The summed E-state index contributed by atoms with van der Waals surface area (Å²) < 4.78 is 0. The van der Waals surface area contributed by atoms with Gasteiger partial charge in [-0.15, -0.1) is 11.8 Å². The molecule has 0 aliphatic carbocycles. The van der Waals surface area contributed by atoms with Crippen LogP contribution in [0.4, 0.5) is 16.2 Å². The summed E-state index contributed by atoms with van der Waals surface area (Å²) >= 11 is 1.66. The lowest BCUT2D eigenvalue weighted by Crippen LogP contribution is -2.56. The van der Waals surface area contributed by atoms with Crippen LogP contribution in [0, 0.1) is 0 Å². The number of rotatable bonds is 4. The number of para-hydroxylation sites is 2. The molecule has 2 fully saturated rings. The number of hydrogen-bond acceptors (Lipinski definition) is 4. The van der Waals surface area contributed by atoms with E-state index < -0.39 is 0 Å². The van der Waals surface area contributed by atoms with Gasteiger partial charge < -0.3 is 15.1 Å². The van der Waals surface area contributed by atoms with Crippen LogP contribution in [0.1, 0.15) is 12.8 Å². The molecule has 2 aromatic rings. The number of benzene rings is 2. The third kappa shape index (κ3) is 4.87. The topological polar surface area (TPSA) is 38.8 Å². The standard InChI is InChI=1S/C23H30N4OS/c1-29-22-12-6-5-11-21(22)24-23(28)27-13-7-10-20(18-27)26-16-14-25(15-17-26)19-8-3-2-4-9-19/h2-6,8-9,11-12,20H,7,10,13-18H2,1H3,(H,24,28)/t20-/m1/s1.